The molecule has 0 aromatic heterocycles. The fraction of sp³-hybridized carbons (Fsp3) is 0.154. The van der Waals surface area contributed by atoms with Gasteiger partial charge in [-0.1, -0.05) is 24.3 Å². The summed E-state index contributed by atoms with van der Waals surface area (Å²) in [6.07, 6.45) is 0. The van der Waals surface area contributed by atoms with Gasteiger partial charge < -0.3 is 5.73 Å². The Kier molecular flexibility index (Phi) is 3.09. The standard InChI is InChI=1S/C13H13NO3S/c1-9(15)8-18(16,17)13-7-6-12(14)10-4-2-3-5-11(10)13/h2-7H,8,14H2,1H3. The fourth-order valence-corrected chi connectivity index (χ4v) is 3.39. The highest BCUT2D eigenvalue weighted by molar-refractivity contribution is 7.92. The van der Waals surface area contributed by atoms with E-state index >= 15 is 0 Å². The largest absolute Gasteiger partial charge is 0.398 e. The van der Waals surface area contributed by atoms with Gasteiger partial charge >= 0.3 is 0 Å². The zero-order valence-electron chi connectivity index (χ0n) is 9.88. The Morgan fingerprint density at radius 2 is 1.72 bits per heavy atom. The number of hydrogen-bond donors (Lipinski definition) is 1. The van der Waals surface area contributed by atoms with Crippen LogP contribution >= 0.6 is 0 Å². The number of nitrogens with two attached hydrogens (primary N) is 1. The molecule has 0 heterocycles. The molecule has 2 rings (SSSR count). The molecule has 0 bridgehead atoms. The summed E-state index contributed by atoms with van der Waals surface area (Å²) in [5, 5.41) is 1.24. The van der Waals surface area contributed by atoms with Crippen LogP contribution in [0.4, 0.5) is 5.69 Å². The highest BCUT2D eigenvalue weighted by Gasteiger charge is 2.20. The van der Waals surface area contributed by atoms with Crippen molar-refractivity contribution in [2.24, 2.45) is 0 Å². The maximum atomic E-state index is 12.1. The third-order valence-electron chi connectivity index (χ3n) is 2.65. The van der Waals surface area contributed by atoms with Crippen LogP contribution in [-0.4, -0.2) is 20.0 Å². The lowest BCUT2D eigenvalue weighted by molar-refractivity contribution is -0.114. The summed E-state index contributed by atoms with van der Waals surface area (Å²) < 4.78 is 24.2. The van der Waals surface area contributed by atoms with Gasteiger partial charge in [0.05, 0.1) is 4.90 Å². The lowest BCUT2D eigenvalue weighted by Gasteiger charge is -2.08. The number of nitrogen functional groups attached to an aromatic ring is 1. The topological polar surface area (TPSA) is 77.2 Å². The molecule has 0 radical (unpaired) electrons. The van der Waals surface area contributed by atoms with Crippen molar-refractivity contribution >= 4 is 32.1 Å². The van der Waals surface area contributed by atoms with Crippen molar-refractivity contribution in [3.63, 3.8) is 0 Å². The predicted octanol–water partition coefficient (Wildman–Crippen LogP) is 1.78. The molecule has 0 saturated heterocycles. The van der Waals surface area contributed by atoms with Crippen LogP contribution < -0.4 is 5.73 Å². The normalized spacial score (nSPS) is 11.6. The van der Waals surface area contributed by atoms with Crippen LogP contribution in [0.5, 0.6) is 0 Å². The summed E-state index contributed by atoms with van der Waals surface area (Å²) in [7, 11) is -3.61. The fourth-order valence-electron chi connectivity index (χ4n) is 1.91. The van der Waals surface area contributed by atoms with Gasteiger partial charge in [0.1, 0.15) is 11.5 Å². The Hall–Kier alpha value is -1.88. The van der Waals surface area contributed by atoms with E-state index in [1.165, 1.54) is 13.0 Å². The zero-order chi connectivity index (χ0) is 13.3. The number of rotatable bonds is 3. The van der Waals surface area contributed by atoms with Gasteiger partial charge in [0.25, 0.3) is 0 Å². The van der Waals surface area contributed by atoms with Crippen molar-refractivity contribution in [3.05, 3.63) is 36.4 Å². The minimum atomic E-state index is -3.61. The van der Waals surface area contributed by atoms with E-state index in [2.05, 4.69) is 0 Å². The van der Waals surface area contributed by atoms with Crippen LogP contribution in [-0.2, 0) is 14.6 Å². The third-order valence-corrected chi connectivity index (χ3v) is 4.46. The van der Waals surface area contributed by atoms with E-state index in [1.807, 2.05) is 0 Å². The number of sulfone groups is 1. The number of fused-ring (bicyclic) bond motifs is 1. The van der Waals surface area contributed by atoms with Crippen LogP contribution in [0.1, 0.15) is 6.92 Å². The number of carbonyl (C=O) groups excluding carboxylic acids is 1. The molecule has 0 atom stereocenters. The number of anilines is 1. The molecule has 0 fully saturated rings. The molecule has 2 aromatic rings. The monoisotopic (exact) mass is 263 g/mol. The SMILES string of the molecule is CC(=O)CS(=O)(=O)c1ccc(N)c2ccccc12. The van der Waals surface area contributed by atoms with Crippen molar-refractivity contribution in [2.45, 2.75) is 11.8 Å². The molecule has 0 aliphatic rings. The highest BCUT2D eigenvalue weighted by Crippen LogP contribution is 2.28. The molecule has 2 aromatic carbocycles. The number of hydrogen-bond acceptors (Lipinski definition) is 4. The predicted molar refractivity (Wildman–Crippen MR) is 71.1 cm³/mol. The molecule has 0 amide bonds. The number of ketones is 1. The summed E-state index contributed by atoms with van der Waals surface area (Å²) >= 11 is 0. The van der Waals surface area contributed by atoms with E-state index in [1.54, 1.807) is 30.3 Å². The molecule has 4 nitrogen and oxygen atoms in total. The minimum Gasteiger partial charge on any atom is -0.398 e. The van der Waals surface area contributed by atoms with Crippen molar-refractivity contribution < 1.29 is 13.2 Å². The summed E-state index contributed by atoms with van der Waals surface area (Å²) in [6, 6.07) is 10.00. The molecule has 0 unspecified atom stereocenters. The van der Waals surface area contributed by atoms with Gasteiger partial charge in [0.15, 0.2) is 9.84 Å². The first kappa shape index (κ1) is 12.6. The van der Waals surface area contributed by atoms with E-state index < -0.39 is 15.6 Å². The van der Waals surface area contributed by atoms with Crippen molar-refractivity contribution in [1.82, 2.24) is 0 Å². The van der Waals surface area contributed by atoms with Gasteiger partial charge in [0, 0.05) is 16.5 Å². The van der Waals surface area contributed by atoms with Crippen LogP contribution in [0.25, 0.3) is 10.8 Å². The first-order valence-electron chi connectivity index (χ1n) is 5.41. The second-order valence-corrected chi connectivity index (χ2v) is 6.12. The quantitative estimate of drug-likeness (QED) is 0.856. The van der Waals surface area contributed by atoms with Crippen LogP contribution in [0.2, 0.25) is 0 Å². The molecular weight excluding hydrogens is 250 g/mol. The molecule has 0 aliphatic carbocycles. The average molecular weight is 263 g/mol. The number of Topliss-reactive ketones (excluding diaryl/α,β-unsaturated/α-hetero) is 1. The summed E-state index contributed by atoms with van der Waals surface area (Å²) in [6.45, 7) is 1.26. The molecule has 94 valence electrons. The Balaban J connectivity index is 2.73. The second-order valence-electron chi connectivity index (χ2n) is 4.16. The lowest BCUT2D eigenvalue weighted by Crippen LogP contribution is -2.13. The second kappa shape index (κ2) is 4.42. The van der Waals surface area contributed by atoms with E-state index in [-0.39, 0.29) is 10.7 Å². The molecule has 18 heavy (non-hydrogen) atoms. The van der Waals surface area contributed by atoms with Gasteiger partial charge in [-0.15, -0.1) is 0 Å². The van der Waals surface area contributed by atoms with Crippen LogP contribution in [0, 0.1) is 0 Å². The zero-order valence-corrected chi connectivity index (χ0v) is 10.7. The molecule has 0 saturated carbocycles. The average Bonchev–Trinajstić information content (AvgIpc) is 2.27. The Bertz CT molecular complexity index is 720. The van der Waals surface area contributed by atoms with Gasteiger partial charge in [-0.2, -0.15) is 0 Å². The third kappa shape index (κ3) is 2.22. The molecule has 0 spiro atoms. The van der Waals surface area contributed by atoms with E-state index in [9.17, 15) is 13.2 Å². The Labute approximate surface area is 105 Å². The first-order chi connectivity index (χ1) is 8.42. The van der Waals surface area contributed by atoms with E-state index in [4.69, 9.17) is 5.73 Å². The first-order valence-corrected chi connectivity index (χ1v) is 7.06. The number of carbonyl (C=O) groups is 1. The Morgan fingerprint density at radius 1 is 1.11 bits per heavy atom. The van der Waals surface area contributed by atoms with E-state index in [0.29, 0.717) is 16.5 Å². The van der Waals surface area contributed by atoms with Gasteiger partial charge in [0.2, 0.25) is 0 Å². The van der Waals surface area contributed by atoms with Crippen molar-refractivity contribution in [2.75, 3.05) is 11.5 Å². The maximum Gasteiger partial charge on any atom is 0.186 e. The van der Waals surface area contributed by atoms with Crippen LogP contribution in [0.3, 0.4) is 0 Å². The Morgan fingerprint density at radius 3 is 2.33 bits per heavy atom. The highest BCUT2D eigenvalue weighted by atomic mass is 32.2. The van der Waals surface area contributed by atoms with Crippen molar-refractivity contribution in [3.8, 4) is 0 Å². The summed E-state index contributed by atoms with van der Waals surface area (Å²) in [5.41, 5.74) is 6.33. The van der Waals surface area contributed by atoms with Gasteiger partial charge in [-0.3, -0.25) is 4.79 Å². The summed E-state index contributed by atoms with van der Waals surface area (Å²) in [5.74, 6) is -0.864. The van der Waals surface area contributed by atoms with Crippen molar-refractivity contribution in [1.29, 1.82) is 0 Å². The van der Waals surface area contributed by atoms with Crippen LogP contribution in [0.15, 0.2) is 41.3 Å². The van der Waals surface area contributed by atoms with Gasteiger partial charge in [-0.05, 0) is 19.1 Å². The molecular formula is C13H13NO3S. The minimum absolute atomic E-state index is 0.155. The maximum absolute atomic E-state index is 12.1. The number of benzene rings is 2. The van der Waals surface area contributed by atoms with E-state index in [0.717, 1.165) is 0 Å². The lowest BCUT2D eigenvalue weighted by atomic mass is 10.1. The molecule has 2 N–H and O–H groups in total. The smallest absolute Gasteiger partial charge is 0.186 e. The van der Waals surface area contributed by atoms with Gasteiger partial charge in [-0.25, -0.2) is 8.42 Å². The molecule has 0 aliphatic heterocycles. The summed E-state index contributed by atoms with van der Waals surface area (Å²) in [4.78, 5) is 11.2. The molecule has 5 heteroatoms.